The molecule has 0 N–H and O–H groups in total. The van der Waals surface area contributed by atoms with Crippen LogP contribution in [0, 0.1) is 0 Å². The Morgan fingerprint density at radius 3 is 1.65 bits per heavy atom. The quantitative estimate of drug-likeness (QED) is 0.163. The smallest absolute Gasteiger partial charge is 0.254 e. The fraction of sp³-hybridized carbons (Fsp3) is 0.333. The van der Waals surface area contributed by atoms with E-state index in [9.17, 15) is 0 Å². The van der Waals surface area contributed by atoms with Crippen molar-refractivity contribution in [3.63, 3.8) is 0 Å². The van der Waals surface area contributed by atoms with E-state index in [1.807, 2.05) is 22.7 Å². The zero-order valence-electron chi connectivity index (χ0n) is 47.2. The minimum atomic E-state index is -0.130. The van der Waals surface area contributed by atoms with Gasteiger partial charge >= 0.3 is 0 Å². The van der Waals surface area contributed by atoms with Crippen LogP contribution in [0.5, 0.6) is 0 Å². The molecule has 16 rings (SSSR count). The SMILES string of the molecule is CC1(C)CCC(C)(C)c2cc(N3c4cc5c(cc4B4c6c3cc(N3c7ccccc7C7(C)CCCCC37C)cc6N(c3cccc6c3sc3ccccc36)c3ccc6c(sc7ccccc76)c34)C(C)(C)CCC5(C)C)ccc21. The van der Waals surface area contributed by atoms with Gasteiger partial charge in [0.05, 0.1) is 15.9 Å². The molecule has 6 heteroatoms. The van der Waals surface area contributed by atoms with Crippen molar-refractivity contribution in [1.82, 2.24) is 0 Å². The van der Waals surface area contributed by atoms with Gasteiger partial charge in [0.25, 0.3) is 6.71 Å². The molecule has 10 aromatic rings. The number of hydrogen-bond donors (Lipinski definition) is 0. The molecule has 0 spiro atoms. The average Bonchev–Trinajstić information content (AvgIpc) is 4.00. The van der Waals surface area contributed by atoms with E-state index >= 15 is 0 Å². The molecule has 5 heterocycles. The van der Waals surface area contributed by atoms with Crippen LogP contribution in [0.1, 0.15) is 148 Å². The number of anilines is 8. The van der Waals surface area contributed by atoms with Gasteiger partial charge in [0, 0.05) is 75.5 Å². The first-order valence-electron chi connectivity index (χ1n) is 29.3. The third-order valence-electron chi connectivity index (χ3n) is 21.5. The van der Waals surface area contributed by atoms with Crippen molar-refractivity contribution >= 4 is 132 Å². The first kappa shape index (κ1) is 47.6. The molecule has 2 atom stereocenters. The van der Waals surface area contributed by atoms with E-state index in [2.05, 4.69) is 230 Å². The number of rotatable bonds is 3. The lowest BCUT2D eigenvalue weighted by molar-refractivity contribution is 0.195. The zero-order chi connectivity index (χ0) is 53.2. The highest BCUT2D eigenvalue weighted by Gasteiger charge is 2.58. The Morgan fingerprint density at radius 2 is 0.936 bits per heavy atom. The molecule has 3 nitrogen and oxygen atoms in total. The summed E-state index contributed by atoms with van der Waals surface area (Å²) in [6.07, 6.45) is 9.51. The van der Waals surface area contributed by atoms with Gasteiger partial charge in [0.15, 0.2) is 0 Å². The van der Waals surface area contributed by atoms with E-state index in [4.69, 9.17) is 0 Å². The number of hydrogen-bond acceptors (Lipinski definition) is 5. The molecule has 8 aromatic carbocycles. The Bertz CT molecular complexity index is 4260. The molecule has 1 fully saturated rings. The van der Waals surface area contributed by atoms with Crippen molar-refractivity contribution in [2.45, 2.75) is 153 Å². The van der Waals surface area contributed by atoms with Crippen LogP contribution in [0.2, 0.25) is 0 Å². The lowest BCUT2D eigenvalue weighted by Gasteiger charge is -2.51. The molecular formula is C72H70BN3S2. The number of nitrogens with zero attached hydrogens (tertiary/aromatic N) is 3. The third-order valence-corrected chi connectivity index (χ3v) is 24.0. The largest absolute Gasteiger partial charge is 0.334 e. The van der Waals surface area contributed by atoms with E-state index in [1.54, 1.807) is 0 Å². The van der Waals surface area contributed by atoms with Crippen LogP contribution in [-0.2, 0) is 27.1 Å². The van der Waals surface area contributed by atoms with E-state index in [1.165, 1.54) is 169 Å². The Hall–Kier alpha value is -6.34. The molecule has 2 unspecified atom stereocenters. The third kappa shape index (κ3) is 6.17. The summed E-state index contributed by atoms with van der Waals surface area (Å²) >= 11 is 3.95. The van der Waals surface area contributed by atoms with Crippen LogP contribution < -0.4 is 31.1 Å². The van der Waals surface area contributed by atoms with Gasteiger partial charge in [-0.2, -0.15) is 0 Å². The van der Waals surface area contributed by atoms with Crippen LogP contribution in [0.25, 0.3) is 40.3 Å². The van der Waals surface area contributed by atoms with Crippen LogP contribution in [0.15, 0.2) is 146 Å². The fourth-order valence-electron chi connectivity index (χ4n) is 16.7. The normalized spacial score (nSPS) is 22.7. The summed E-state index contributed by atoms with van der Waals surface area (Å²) in [7, 11) is 0. The number of fused-ring (bicyclic) bond motifs is 16. The summed E-state index contributed by atoms with van der Waals surface area (Å²) in [5, 5.41) is 5.36. The highest BCUT2D eigenvalue weighted by Crippen LogP contribution is 2.63. The molecule has 0 bridgehead atoms. The number of thiophene rings is 2. The van der Waals surface area contributed by atoms with Crippen molar-refractivity contribution < 1.29 is 0 Å². The topological polar surface area (TPSA) is 9.72 Å². The van der Waals surface area contributed by atoms with Crippen molar-refractivity contribution in [3.8, 4) is 0 Å². The summed E-state index contributed by atoms with van der Waals surface area (Å²) in [6, 6.07) is 58.4. The summed E-state index contributed by atoms with van der Waals surface area (Å²) in [6.45, 7) is 25.2. The molecule has 6 aliphatic rings. The van der Waals surface area contributed by atoms with Gasteiger partial charge in [0.2, 0.25) is 0 Å². The lowest BCUT2D eigenvalue weighted by atomic mass is 9.33. The molecule has 0 saturated heterocycles. The van der Waals surface area contributed by atoms with Gasteiger partial charge in [-0.3, -0.25) is 0 Å². The number of para-hydroxylation sites is 1. The molecule has 0 radical (unpaired) electrons. The zero-order valence-corrected chi connectivity index (χ0v) is 48.9. The van der Waals surface area contributed by atoms with E-state index < -0.39 is 0 Å². The van der Waals surface area contributed by atoms with Gasteiger partial charge in [-0.05, 0) is 177 Å². The standard InChI is InChI=1S/C72H70BN3S2/c1-67(2)34-35-68(3,4)51-38-43(28-30-49(51)67)74-58-42-53-52(69(5,6)36-37-70(53,7)8)41-54(58)73-63-59(74)39-44(76-55-24-14-13-23-50(55)71(9)32-17-18-33-72(71,76)10)40-60(63)75(57-25-19-22-47-45-20-11-15-26-61(45)77-65(47)57)56-31-29-48-46-21-12-16-27-62(46)78-66(48)64(56)73/h11-16,19-31,38-42H,17-18,32-37H2,1-10H3. The van der Waals surface area contributed by atoms with Crippen LogP contribution in [0.3, 0.4) is 0 Å². The monoisotopic (exact) mass is 1050 g/mol. The predicted molar refractivity (Wildman–Crippen MR) is 340 cm³/mol. The van der Waals surface area contributed by atoms with Crippen LogP contribution in [-0.4, -0.2) is 12.3 Å². The first-order valence-corrected chi connectivity index (χ1v) is 30.9. The van der Waals surface area contributed by atoms with E-state index in [0.717, 1.165) is 12.8 Å². The summed E-state index contributed by atoms with van der Waals surface area (Å²) < 4.78 is 5.42. The summed E-state index contributed by atoms with van der Waals surface area (Å²) in [5.41, 5.74) is 22.3. The molecule has 3 aliphatic heterocycles. The molecule has 3 aliphatic carbocycles. The molecule has 388 valence electrons. The Kier molecular flexibility index (Phi) is 9.61. The first-order chi connectivity index (χ1) is 37.4. The maximum absolute atomic E-state index is 2.85. The Morgan fingerprint density at radius 1 is 0.372 bits per heavy atom. The second-order valence-electron chi connectivity index (χ2n) is 27.6. The minimum Gasteiger partial charge on any atom is -0.334 e. The molecule has 2 aromatic heterocycles. The second kappa shape index (κ2) is 15.7. The van der Waals surface area contributed by atoms with Crippen LogP contribution >= 0.6 is 22.7 Å². The molecule has 1 saturated carbocycles. The molecule has 0 amide bonds. The molecule has 78 heavy (non-hydrogen) atoms. The summed E-state index contributed by atoms with van der Waals surface area (Å²) in [4.78, 5) is 8.40. The maximum Gasteiger partial charge on any atom is 0.254 e. The Labute approximate surface area is 470 Å². The van der Waals surface area contributed by atoms with E-state index in [-0.39, 0.29) is 39.3 Å². The second-order valence-corrected chi connectivity index (χ2v) is 29.7. The maximum atomic E-state index is 2.85. The van der Waals surface area contributed by atoms with Crippen molar-refractivity contribution in [2.24, 2.45) is 0 Å². The highest BCUT2D eigenvalue weighted by molar-refractivity contribution is 7.28. The average molecular weight is 1050 g/mol. The minimum absolute atomic E-state index is 0.000132. The van der Waals surface area contributed by atoms with Crippen LogP contribution in [0.4, 0.5) is 45.5 Å². The van der Waals surface area contributed by atoms with Gasteiger partial charge < -0.3 is 14.7 Å². The Balaban J connectivity index is 1.09. The van der Waals surface area contributed by atoms with Crippen molar-refractivity contribution in [3.05, 3.63) is 173 Å². The van der Waals surface area contributed by atoms with Gasteiger partial charge in [-0.1, -0.05) is 160 Å². The van der Waals surface area contributed by atoms with Crippen molar-refractivity contribution in [1.29, 1.82) is 0 Å². The fourth-order valence-corrected chi connectivity index (χ4v) is 19.2. The molecular weight excluding hydrogens is 982 g/mol. The van der Waals surface area contributed by atoms with Gasteiger partial charge in [0.1, 0.15) is 0 Å². The van der Waals surface area contributed by atoms with Crippen molar-refractivity contribution in [2.75, 3.05) is 14.7 Å². The summed E-state index contributed by atoms with van der Waals surface area (Å²) in [5.74, 6) is 0. The van der Waals surface area contributed by atoms with E-state index in [0.29, 0.717) is 0 Å². The predicted octanol–water partition coefficient (Wildman–Crippen LogP) is 18.9. The highest BCUT2D eigenvalue weighted by atomic mass is 32.1. The number of benzene rings is 8. The lowest BCUT2D eigenvalue weighted by Crippen LogP contribution is -2.62. The van der Waals surface area contributed by atoms with Gasteiger partial charge in [-0.15, -0.1) is 22.7 Å². The van der Waals surface area contributed by atoms with Gasteiger partial charge in [-0.25, -0.2) is 0 Å².